The third-order valence-corrected chi connectivity index (χ3v) is 1.40. The standard InChI is InChI=1S/C8H12N2O2/c1-5(11)6-9-7(10-12-6)8(2,3)4/h1-4H3. The number of carbonyl (C=O) groups is 1. The molecule has 0 atom stereocenters. The van der Waals surface area contributed by atoms with E-state index >= 15 is 0 Å². The van der Waals surface area contributed by atoms with Gasteiger partial charge in [-0.15, -0.1) is 0 Å². The quantitative estimate of drug-likeness (QED) is 0.597. The molecule has 0 fully saturated rings. The van der Waals surface area contributed by atoms with E-state index in [-0.39, 0.29) is 17.1 Å². The average Bonchev–Trinajstić information content (AvgIpc) is 2.30. The van der Waals surface area contributed by atoms with Gasteiger partial charge in [-0.25, -0.2) is 0 Å². The van der Waals surface area contributed by atoms with Crippen LogP contribution in [0, 0.1) is 0 Å². The molecule has 0 N–H and O–H groups in total. The molecule has 66 valence electrons. The number of hydrogen-bond donors (Lipinski definition) is 0. The summed E-state index contributed by atoms with van der Waals surface area (Å²) in [5.74, 6) is 0.450. The Kier molecular flexibility index (Phi) is 2.00. The van der Waals surface area contributed by atoms with Gasteiger partial charge in [0, 0.05) is 12.3 Å². The summed E-state index contributed by atoms with van der Waals surface area (Å²) >= 11 is 0. The molecule has 0 aromatic carbocycles. The van der Waals surface area contributed by atoms with Gasteiger partial charge in [0.15, 0.2) is 5.82 Å². The number of Topliss-reactive ketones (excluding diaryl/α,β-unsaturated/α-hetero) is 1. The minimum Gasteiger partial charge on any atom is -0.331 e. The number of ketones is 1. The van der Waals surface area contributed by atoms with Crippen LogP contribution in [0.1, 0.15) is 44.2 Å². The molecule has 0 saturated heterocycles. The summed E-state index contributed by atoms with van der Waals surface area (Å²) in [7, 11) is 0. The summed E-state index contributed by atoms with van der Waals surface area (Å²) in [6.07, 6.45) is 0. The van der Waals surface area contributed by atoms with Gasteiger partial charge in [0.25, 0.3) is 5.89 Å². The highest BCUT2D eigenvalue weighted by atomic mass is 16.5. The van der Waals surface area contributed by atoms with E-state index in [0.717, 1.165) is 0 Å². The number of hydrogen-bond acceptors (Lipinski definition) is 4. The highest BCUT2D eigenvalue weighted by molar-refractivity contribution is 5.89. The van der Waals surface area contributed by atoms with Crippen LogP contribution in [0.4, 0.5) is 0 Å². The lowest BCUT2D eigenvalue weighted by atomic mass is 9.96. The maximum atomic E-state index is 10.8. The molecule has 1 rings (SSSR count). The first kappa shape index (κ1) is 8.90. The highest BCUT2D eigenvalue weighted by Gasteiger charge is 2.21. The Bertz CT molecular complexity index is 296. The maximum Gasteiger partial charge on any atom is 0.293 e. The Morgan fingerprint density at radius 2 is 2.00 bits per heavy atom. The van der Waals surface area contributed by atoms with Crippen molar-refractivity contribution in [2.75, 3.05) is 0 Å². The maximum absolute atomic E-state index is 10.8. The first-order valence-corrected chi connectivity index (χ1v) is 3.76. The number of nitrogens with zero attached hydrogens (tertiary/aromatic N) is 2. The van der Waals surface area contributed by atoms with E-state index in [2.05, 4.69) is 10.1 Å². The van der Waals surface area contributed by atoms with E-state index in [9.17, 15) is 4.79 Å². The molecule has 1 heterocycles. The van der Waals surface area contributed by atoms with Crippen molar-refractivity contribution in [3.05, 3.63) is 11.7 Å². The predicted molar refractivity (Wildman–Crippen MR) is 43.0 cm³/mol. The van der Waals surface area contributed by atoms with E-state index < -0.39 is 0 Å². The SMILES string of the molecule is CC(=O)c1nc(C(C)(C)C)no1. The molecule has 0 unspecified atom stereocenters. The first-order valence-electron chi connectivity index (χ1n) is 3.76. The van der Waals surface area contributed by atoms with Gasteiger partial charge in [-0.2, -0.15) is 4.98 Å². The van der Waals surface area contributed by atoms with Gasteiger partial charge in [-0.05, 0) is 0 Å². The largest absolute Gasteiger partial charge is 0.331 e. The Balaban J connectivity index is 3.00. The van der Waals surface area contributed by atoms with Crippen molar-refractivity contribution in [2.45, 2.75) is 33.1 Å². The van der Waals surface area contributed by atoms with Crippen LogP contribution in [-0.4, -0.2) is 15.9 Å². The van der Waals surface area contributed by atoms with E-state index in [1.165, 1.54) is 6.92 Å². The van der Waals surface area contributed by atoms with Gasteiger partial charge in [-0.1, -0.05) is 25.9 Å². The summed E-state index contributed by atoms with van der Waals surface area (Å²) in [5, 5.41) is 3.70. The minimum atomic E-state index is -0.196. The molecular weight excluding hydrogens is 156 g/mol. The summed E-state index contributed by atoms with van der Waals surface area (Å²) in [4.78, 5) is 14.7. The zero-order chi connectivity index (χ0) is 9.35. The fraction of sp³-hybridized carbons (Fsp3) is 0.625. The molecule has 0 amide bonds. The Morgan fingerprint density at radius 3 is 2.25 bits per heavy atom. The van der Waals surface area contributed by atoms with Crippen molar-refractivity contribution in [3.63, 3.8) is 0 Å². The molecule has 0 radical (unpaired) electrons. The van der Waals surface area contributed by atoms with Crippen LogP contribution in [-0.2, 0) is 5.41 Å². The lowest BCUT2D eigenvalue weighted by molar-refractivity contribution is 0.0972. The molecule has 0 saturated carbocycles. The van der Waals surface area contributed by atoms with E-state index in [1.807, 2.05) is 20.8 Å². The molecule has 0 spiro atoms. The molecule has 1 aromatic rings. The highest BCUT2D eigenvalue weighted by Crippen LogP contribution is 2.18. The van der Waals surface area contributed by atoms with Crippen LogP contribution < -0.4 is 0 Å². The third-order valence-electron chi connectivity index (χ3n) is 1.40. The molecular formula is C8H12N2O2. The Morgan fingerprint density at radius 1 is 1.42 bits per heavy atom. The van der Waals surface area contributed by atoms with Crippen molar-refractivity contribution in [1.29, 1.82) is 0 Å². The summed E-state index contributed by atoms with van der Waals surface area (Å²) in [5.41, 5.74) is -0.169. The van der Waals surface area contributed by atoms with Crippen LogP contribution in [0.25, 0.3) is 0 Å². The predicted octanol–water partition coefficient (Wildman–Crippen LogP) is 1.57. The second-order valence-corrected chi connectivity index (χ2v) is 3.73. The van der Waals surface area contributed by atoms with Crippen LogP contribution in [0.3, 0.4) is 0 Å². The van der Waals surface area contributed by atoms with Crippen LogP contribution >= 0.6 is 0 Å². The van der Waals surface area contributed by atoms with Crippen molar-refractivity contribution in [1.82, 2.24) is 10.1 Å². The number of rotatable bonds is 1. The molecule has 1 aromatic heterocycles. The molecule has 12 heavy (non-hydrogen) atoms. The molecule has 0 aliphatic heterocycles. The summed E-state index contributed by atoms with van der Waals surface area (Å²) in [6, 6.07) is 0. The minimum absolute atomic E-state index is 0.0833. The Labute approximate surface area is 71.0 Å². The van der Waals surface area contributed by atoms with Crippen LogP contribution in [0.15, 0.2) is 4.52 Å². The second-order valence-electron chi connectivity index (χ2n) is 3.73. The molecule has 0 aliphatic rings. The third kappa shape index (κ3) is 1.69. The van der Waals surface area contributed by atoms with Gasteiger partial charge in [0.2, 0.25) is 5.78 Å². The van der Waals surface area contributed by atoms with Crippen molar-refractivity contribution < 1.29 is 9.32 Å². The lowest BCUT2D eigenvalue weighted by Gasteiger charge is -2.10. The van der Waals surface area contributed by atoms with Gasteiger partial charge in [0.05, 0.1) is 0 Å². The van der Waals surface area contributed by atoms with Crippen molar-refractivity contribution in [2.24, 2.45) is 0 Å². The molecule has 4 nitrogen and oxygen atoms in total. The van der Waals surface area contributed by atoms with Gasteiger partial charge < -0.3 is 4.52 Å². The van der Waals surface area contributed by atoms with Crippen LogP contribution in [0.5, 0.6) is 0 Å². The topological polar surface area (TPSA) is 56.0 Å². The van der Waals surface area contributed by atoms with E-state index in [0.29, 0.717) is 5.82 Å². The number of carbonyl (C=O) groups excluding carboxylic acids is 1. The van der Waals surface area contributed by atoms with Gasteiger partial charge >= 0.3 is 0 Å². The van der Waals surface area contributed by atoms with E-state index in [1.54, 1.807) is 0 Å². The molecule has 0 bridgehead atoms. The van der Waals surface area contributed by atoms with E-state index in [4.69, 9.17) is 4.52 Å². The van der Waals surface area contributed by atoms with Crippen LogP contribution in [0.2, 0.25) is 0 Å². The smallest absolute Gasteiger partial charge is 0.293 e. The fourth-order valence-corrected chi connectivity index (χ4v) is 0.671. The average molecular weight is 168 g/mol. The zero-order valence-corrected chi connectivity index (χ0v) is 7.71. The number of aromatic nitrogens is 2. The normalized spacial score (nSPS) is 11.7. The van der Waals surface area contributed by atoms with Crippen molar-refractivity contribution >= 4 is 5.78 Å². The second kappa shape index (κ2) is 2.69. The monoisotopic (exact) mass is 168 g/mol. The molecule has 4 heteroatoms. The fourth-order valence-electron chi connectivity index (χ4n) is 0.671. The van der Waals surface area contributed by atoms with Gasteiger partial charge in [-0.3, -0.25) is 4.79 Å². The summed E-state index contributed by atoms with van der Waals surface area (Å²) in [6.45, 7) is 7.28. The van der Waals surface area contributed by atoms with Gasteiger partial charge in [0.1, 0.15) is 0 Å². The Hall–Kier alpha value is -1.19. The summed E-state index contributed by atoms with van der Waals surface area (Å²) < 4.78 is 4.74. The van der Waals surface area contributed by atoms with Crippen molar-refractivity contribution in [3.8, 4) is 0 Å². The lowest BCUT2D eigenvalue weighted by Crippen LogP contribution is -2.13. The zero-order valence-electron chi connectivity index (χ0n) is 7.71. The first-order chi connectivity index (χ1) is 5.41. The molecule has 0 aliphatic carbocycles.